The summed E-state index contributed by atoms with van der Waals surface area (Å²) < 4.78 is 6.20. The lowest BCUT2D eigenvalue weighted by molar-refractivity contribution is 0.417. The third kappa shape index (κ3) is 4.11. The molecule has 0 amide bonds. The Balaban J connectivity index is 1.64. The maximum Gasteiger partial charge on any atom is 0.210 e. The molecule has 2 aromatic heterocycles. The minimum atomic E-state index is 0.527. The molecule has 3 aromatic rings. The van der Waals surface area contributed by atoms with E-state index >= 15 is 0 Å². The third-order valence-electron chi connectivity index (χ3n) is 2.96. The number of rotatable bonds is 6. The molecule has 23 heavy (non-hydrogen) atoms. The second-order valence-electron chi connectivity index (χ2n) is 4.58. The van der Waals surface area contributed by atoms with Crippen LogP contribution in [0.25, 0.3) is 0 Å². The van der Waals surface area contributed by atoms with Crippen LogP contribution in [0.5, 0.6) is 5.75 Å². The highest BCUT2D eigenvalue weighted by Gasteiger charge is 2.08. The van der Waals surface area contributed by atoms with Crippen LogP contribution in [-0.2, 0) is 5.75 Å². The predicted octanol–water partition coefficient (Wildman–Crippen LogP) is 3.56. The normalized spacial score (nSPS) is 10.5. The number of benzene rings is 1. The predicted molar refractivity (Wildman–Crippen MR) is 94.4 cm³/mol. The molecule has 3 N–H and O–H groups in total. The number of anilines is 3. The number of methoxy groups -OCH3 is 1. The molecule has 1 aromatic carbocycles. The van der Waals surface area contributed by atoms with E-state index < -0.39 is 0 Å². The molecule has 0 saturated carbocycles. The molecular weight excluding hydrogens is 330 g/mol. The first-order valence-electron chi connectivity index (χ1n) is 6.81. The Morgan fingerprint density at radius 2 is 2.13 bits per heavy atom. The minimum Gasteiger partial charge on any atom is -0.495 e. The van der Waals surface area contributed by atoms with E-state index in [0.717, 1.165) is 32.2 Å². The summed E-state index contributed by atoms with van der Waals surface area (Å²) in [5.74, 6) is 2.07. The quantitative estimate of drug-likeness (QED) is 0.661. The highest BCUT2D eigenvalue weighted by molar-refractivity contribution is 8.00. The van der Waals surface area contributed by atoms with Crippen LogP contribution in [0, 0.1) is 0 Å². The fraction of sp³-hybridized carbons (Fsp3) is 0.133. The molecule has 0 aliphatic heterocycles. The summed E-state index contributed by atoms with van der Waals surface area (Å²) in [7, 11) is 1.64. The van der Waals surface area contributed by atoms with Gasteiger partial charge in [0, 0.05) is 11.9 Å². The molecule has 8 heteroatoms. The van der Waals surface area contributed by atoms with E-state index in [1.807, 2.05) is 36.4 Å². The van der Waals surface area contributed by atoms with Gasteiger partial charge in [-0.15, -0.1) is 10.2 Å². The number of hydrogen-bond acceptors (Lipinski definition) is 8. The zero-order valence-electron chi connectivity index (χ0n) is 12.4. The number of aromatic nitrogens is 3. The van der Waals surface area contributed by atoms with Crippen LogP contribution in [0.4, 0.5) is 16.6 Å². The number of nitrogens with one attached hydrogen (secondary N) is 1. The number of hydrogen-bond donors (Lipinski definition) is 2. The van der Waals surface area contributed by atoms with E-state index in [-0.39, 0.29) is 0 Å². The van der Waals surface area contributed by atoms with E-state index in [0.29, 0.717) is 5.82 Å². The van der Waals surface area contributed by atoms with Crippen molar-refractivity contribution in [3.8, 4) is 5.75 Å². The lowest BCUT2D eigenvalue weighted by atomic mass is 10.3. The number of nitrogens with zero attached hydrogens (tertiary/aromatic N) is 3. The largest absolute Gasteiger partial charge is 0.495 e. The summed E-state index contributed by atoms with van der Waals surface area (Å²) in [5, 5.41) is 12.3. The van der Waals surface area contributed by atoms with Gasteiger partial charge in [-0.1, -0.05) is 35.2 Å². The molecule has 0 radical (unpaired) electrons. The average molecular weight is 345 g/mol. The van der Waals surface area contributed by atoms with Crippen molar-refractivity contribution in [2.75, 3.05) is 18.2 Å². The number of nitrogens with two attached hydrogens (primary N) is 1. The molecule has 0 atom stereocenters. The Morgan fingerprint density at radius 3 is 2.96 bits per heavy atom. The van der Waals surface area contributed by atoms with Gasteiger partial charge in [-0.25, -0.2) is 4.98 Å². The molecule has 0 unspecified atom stereocenters. The van der Waals surface area contributed by atoms with Gasteiger partial charge in [-0.2, -0.15) is 0 Å². The first kappa shape index (κ1) is 15.6. The smallest absolute Gasteiger partial charge is 0.210 e. The Kier molecular flexibility index (Phi) is 4.94. The highest BCUT2D eigenvalue weighted by atomic mass is 32.2. The number of nitrogen functional groups attached to an aromatic ring is 1. The number of para-hydroxylation sites is 2. The van der Waals surface area contributed by atoms with Crippen LogP contribution in [0.15, 0.2) is 46.9 Å². The number of thioether (sulfide) groups is 1. The van der Waals surface area contributed by atoms with Crippen LogP contribution >= 0.6 is 23.1 Å². The maximum atomic E-state index is 5.68. The Labute approximate surface area is 142 Å². The van der Waals surface area contributed by atoms with Gasteiger partial charge >= 0.3 is 0 Å². The fourth-order valence-corrected chi connectivity index (χ4v) is 3.62. The summed E-state index contributed by atoms with van der Waals surface area (Å²) in [6.45, 7) is 0. The summed E-state index contributed by atoms with van der Waals surface area (Å²) in [6.07, 6.45) is 1.71. The molecule has 3 rings (SSSR count). The van der Waals surface area contributed by atoms with Crippen molar-refractivity contribution in [1.29, 1.82) is 0 Å². The molecule has 0 bridgehead atoms. The Hall–Kier alpha value is -2.32. The lowest BCUT2D eigenvalue weighted by Gasteiger charge is -2.07. The van der Waals surface area contributed by atoms with Crippen molar-refractivity contribution in [1.82, 2.24) is 15.2 Å². The molecule has 0 fully saturated rings. The minimum absolute atomic E-state index is 0.527. The highest BCUT2D eigenvalue weighted by Crippen LogP contribution is 2.32. The van der Waals surface area contributed by atoms with Gasteiger partial charge in [-0.05, 0) is 29.8 Å². The van der Waals surface area contributed by atoms with E-state index in [9.17, 15) is 0 Å². The SMILES string of the molecule is COc1ccccc1Nc1nnc(SCc2ccnc(N)c2)s1. The van der Waals surface area contributed by atoms with Gasteiger partial charge in [0.05, 0.1) is 12.8 Å². The van der Waals surface area contributed by atoms with Crippen molar-refractivity contribution in [3.05, 3.63) is 48.2 Å². The molecule has 0 aliphatic rings. The number of ether oxygens (including phenoxy) is 1. The van der Waals surface area contributed by atoms with Gasteiger partial charge in [0.2, 0.25) is 5.13 Å². The zero-order chi connectivity index (χ0) is 16.1. The lowest BCUT2D eigenvalue weighted by Crippen LogP contribution is -1.93. The molecule has 0 aliphatic carbocycles. The summed E-state index contributed by atoms with van der Waals surface area (Å²) in [6, 6.07) is 11.5. The van der Waals surface area contributed by atoms with Crippen LogP contribution in [0.1, 0.15) is 5.56 Å². The first-order chi connectivity index (χ1) is 11.2. The van der Waals surface area contributed by atoms with Gasteiger partial charge in [-0.3, -0.25) is 0 Å². The van der Waals surface area contributed by atoms with Crippen LogP contribution in [0.2, 0.25) is 0 Å². The summed E-state index contributed by atoms with van der Waals surface area (Å²) >= 11 is 3.11. The van der Waals surface area contributed by atoms with Crippen molar-refractivity contribution in [2.24, 2.45) is 0 Å². The number of pyridine rings is 1. The van der Waals surface area contributed by atoms with Crippen LogP contribution < -0.4 is 15.8 Å². The van der Waals surface area contributed by atoms with Crippen LogP contribution in [-0.4, -0.2) is 22.3 Å². The average Bonchev–Trinajstić information content (AvgIpc) is 3.01. The molecule has 0 saturated heterocycles. The van der Waals surface area contributed by atoms with E-state index in [1.54, 1.807) is 25.1 Å². The van der Waals surface area contributed by atoms with Gasteiger partial charge in [0.1, 0.15) is 11.6 Å². The van der Waals surface area contributed by atoms with Gasteiger partial charge in [0.25, 0.3) is 0 Å². The Morgan fingerprint density at radius 1 is 1.26 bits per heavy atom. The standard InChI is InChI=1S/C15H15N5OS2/c1-21-12-5-3-2-4-11(12)18-14-19-20-15(23-14)22-9-10-6-7-17-13(16)8-10/h2-8H,9H2,1H3,(H2,16,17)(H,18,19). The fourth-order valence-electron chi connectivity index (χ4n) is 1.91. The summed E-state index contributed by atoms with van der Waals surface area (Å²) in [4.78, 5) is 3.98. The van der Waals surface area contributed by atoms with Crippen LogP contribution in [0.3, 0.4) is 0 Å². The van der Waals surface area contributed by atoms with E-state index in [4.69, 9.17) is 10.5 Å². The van der Waals surface area contributed by atoms with Crippen molar-refractivity contribution < 1.29 is 4.74 Å². The Bertz CT molecular complexity index is 793. The van der Waals surface area contributed by atoms with E-state index in [2.05, 4.69) is 20.5 Å². The van der Waals surface area contributed by atoms with Crippen molar-refractivity contribution >= 4 is 39.7 Å². The first-order valence-corrected chi connectivity index (χ1v) is 8.61. The maximum absolute atomic E-state index is 5.68. The van der Waals surface area contributed by atoms with Crippen molar-refractivity contribution in [2.45, 2.75) is 10.1 Å². The molecular formula is C15H15N5OS2. The zero-order valence-corrected chi connectivity index (χ0v) is 14.0. The summed E-state index contributed by atoms with van der Waals surface area (Å²) in [5.41, 5.74) is 7.65. The monoisotopic (exact) mass is 345 g/mol. The second-order valence-corrected chi connectivity index (χ2v) is 6.78. The third-order valence-corrected chi connectivity index (χ3v) is 5.01. The molecule has 118 valence electrons. The molecule has 2 heterocycles. The van der Waals surface area contributed by atoms with Gasteiger partial charge in [0.15, 0.2) is 4.34 Å². The molecule has 6 nitrogen and oxygen atoms in total. The van der Waals surface area contributed by atoms with Crippen molar-refractivity contribution in [3.63, 3.8) is 0 Å². The topological polar surface area (TPSA) is 86.0 Å². The molecule has 0 spiro atoms. The van der Waals surface area contributed by atoms with Gasteiger partial charge < -0.3 is 15.8 Å². The van der Waals surface area contributed by atoms with E-state index in [1.165, 1.54) is 11.3 Å². The second kappa shape index (κ2) is 7.30.